The van der Waals surface area contributed by atoms with E-state index in [1.807, 2.05) is 54.6 Å². The zero-order valence-corrected chi connectivity index (χ0v) is 15.1. The summed E-state index contributed by atoms with van der Waals surface area (Å²) in [4.78, 5) is 12.3. The number of hydrogen-bond acceptors (Lipinski definition) is 3. The van der Waals surface area contributed by atoms with Crippen LogP contribution in [0.4, 0.5) is 20.2 Å². The Morgan fingerprint density at radius 3 is 2.29 bits per heavy atom. The Bertz CT molecular complexity index is 900. The number of halogens is 2. The number of alkyl halides is 2. The largest absolute Gasteiger partial charge is 0.435 e. The molecule has 4 nitrogen and oxygen atoms in total. The van der Waals surface area contributed by atoms with E-state index >= 15 is 0 Å². The fraction of sp³-hybridized carbons (Fsp3) is 0.136. The highest BCUT2D eigenvalue weighted by Gasteiger charge is 2.08. The van der Waals surface area contributed by atoms with Crippen LogP contribution in [0.15, 0.2) is 78.9 Å². The molecule has 0 aliphatic carbocycles. The van der Waals surface area contributed by atoms with Gasteiger partial charge in [-0.1, -0.05) is 48.5 Å². The summed E-state index contributed by atoms with van der Waals surface area (Å²) in [6.45, 7) is -2.81. The Morgan fingerprint density at radius 1 is 0.893 bits per heavy atom. The first-order chi connectivity index (χ1) is 13.6. The molecule has 6 heteroatoms. The minimum Gasteiger partial charge on any atom is -0.435 e. The van der Waals surface area contributed by atoms with Gasteiger partial charge in [-0.2, -0.15) is 8.78 Å². The first-order valence-electron chi connectivity index (χ1n) is 8.80. The predicted molar refractivity (Wildman–Crippen MR) is 106 cm³/mol. The second kappa shape index (κ2) is 9.50. The van der Waals surface area contributed by atoms with Crippen molar-refractivity contribution in [2.24, 2.45) is 0 Å². The first-order valence-corrected chi connectivity index (χ1v) is 8.80. The van der Waals surface area contributed by atoms with Gasteiger partial charge in [-0.15, -0.1) is 0 Å². The Morgan fingerprint density at radius 2 is 1.57 bits per heavy atom. The second-order valence-electron chi connectivity index (χ2n) is 6.12. The Hall–Kier alpha value is -3.41. The molecule has 0 fully saturated rings. The lowest BCUT2D eigenvalue weighted by Crippen LogP contribution is -2.22. The SMILES string of the molecule is O=C(CNc1ccc(OC(F)F)cc1)Nc1ccccc1Cc1ccccc1. The van der Waals surface area contributed by atoms with Crippen LogP contribution in [-0.4, -0.2) is 19.1 Å². The first kappa shape index (κ1) is 19.4. The number of amides is 1. The standard InChI is InChI=1S/C22H20F2N2O2/c23-22(24)28-19-12-10-18(11-13-19)25-15-21(27)26-20-9-5-4-8-17(20)14-16-6-2-1-3-7-16/h1-13,22,25H,14-15H2,(H,26,27). The average molecular weight is 382 g/mol. The Labute approximate surface area is 162 Å². The van der Waals surface area contributed by atoms with Crippen LogP contribution in [0.25, 0.3) is 0 Å². The van der Waals surface area contributed by atoms with Crippen LogP contribution in [-0.2, 0) is 11.2 Å². The van der Waals surface area contributed by atoms with Gasteiger partial charge in [-0.05, 0) is 47.9 Å². The quantitative estimate of drug-likeness (QED) is 0.581. The molecule has 0 saturated carbocycles. The number of hydrogen-bond donors (Lipinski definition) is 2. The van der Waals surface area contributed by atoms with Gasteiger partial charge >= 0.3 is 6.61 Å². The average Bonchev–Trinajstić information content (AvgIpc) is 2.69. The molecule has 0 aromatic heterocycles. The molecule has 0 aliphatic heterocycles. The minimum absolute atomic E-state index is 0.0503. The van der Waals surface area contributed by atoms with Gasteiger partial charge in [0.15, 0.2) is 0 Å². The number of rotatable bonds is 8. The molecule has 0 heterocycles. The molecule has 2 N–H and O–H groups in total. The van der Waals surface area contributed by atoms with E-state index in [4.69, 9.17) is 0 Å². The van der Waals surface area contributed by atoms with E-state index in [9.17, 15) is 13.6 Å². The molecular formula is C22H20F2N2O2. The van der Waals surface area contributed by atoms with E-state index in [1.165, 1.54) is 12.1 Å². The molecule has 3 aromatic carbocycles. The highest BCUT2D eigenvalue weighted by atomic mass is 19.3. The summed E-state index contributed by atoms with van der Waals surface area (Å²) in [5.41, 5.74) is 3.58. The summed E-state index contributed by atoms with van der Waals surface area (Å²) in [7, 11) is 0. The molecule has 0 saturated heterocycles. The third-order valence-electron chi connectivity index (χ3n) is 4.06. The predicted octanol–water partition coefficient (Wildman–Crippen LogP) is 4.93. The third-order valence-corrected chi connectivity index (χ3v) is 4.06. The van der Waals surface area contributed by atoms with E-state index in [1.54, 1.807) is 12.1 Å². The topological polar surface area (TPSA) is 50.4 Å². The van der Waals surface area contributed by atoms with E-state index in [0.29, 0.717) is 5.69 Å². The molecule has 3 aromatic rings. The van der Waals surface area contributed by atoms with Gasteiger partial charge in [0.25, 0.3) is 0 Å². The van der Waals surface area contributed by atoms with Gasteiger partial charge in [-0.3, -0.25) is 4.79 Å². The molecule has 3 rings (SSSR count). The fourth-order valence-corrected chi connectivity index (χ4v) is 2.74. The Kier molecular flexibility index (Phi) is 6.57. The van der Waals surface area contributed by atoms with Crippen molar-refractivity contribution in [2.75, 3.05) is 17.2 Å². The minimum atomic E-state index is -2.86. The maximum atomic E-state index is 12.3. The van der Waals surface area contributed by atoms with Crippen molar-refractivity contribution >= 4 is 17.3 Å². The van der Waals surface area contributed by atoms with E-state index in [0.717, 1.165) is 23.2 Å². The number of ether oxygens (including phenoxy) is 1. The van der Waals surface area contributed by atoms with Gasteiger partial charge in [0, 0.05) is 11.4 Å². The zero-order valence-electron chi connectivity index (χ0n) is 15.1. The van der Waals surface area contributed by atoms with Crippen LogP contribution in [0.3, 0.4) is 0 Å². The molecule has 0 radical (unpaired) electrons. The lowest BCUT2D eigenvalue weighted by atomic mass is 10.0. The third kappa shape index (κ3) is 5.81. The van der Waals surface area contributed by atoms with Crippen molar-refractivity contribution in [2.45, 2.75) is 13.0 Å². The van der Waals surface area contributed by atoms with Crippen LogP contribution in [0.1, 0.15) is 11.1 Å². The van der Waals surface area contributed by atoms with Crippen LogP contribution in [0.2, 0.25) is 0 Å². The van der Waals surface area contributed by atoms with Gasteiger partial charge in [0.1, 0.15) is 5.75 Å². The summed E-state index contributed by atoms with van der Waals surface area (Å²) in [5.74, 6) is -0.131. The summed E-state index contributed by atoms with van der Waals surface area (Å²) in [5, 5.41) is 5.87. The van der Waals surface area contributed by atoms with Gasteiger partial charge in [-0.25, -0.2) is 0 Å². The van der Waals surface area contributed by atoms with Gasteiger partial charge in [0.05, 0.1) is 6.54 Å². The van der Waals surface area contributed by atoms with Gasteiger partial charge in [0.2, 0.25) is 5.91 Å². The summed E-state index contributed by atoms with van der Waals surface area (Å²) < 4.78 is 28.6. The van der Waals surface area contributed by atoms with Crippen LogP contribution >= 0.6 is 0 Å². The lowest BCUT2D eigenvalue weighted by Gasteiger charge is -2.12. The van der Waals surface area contributed by atoms with E-state index in [2.05, 4.69) is 15.4 Å². The van der Waals surface area contributed by atoms with Crippen molar-refractivity contribution in [3.05, 3.63) is 90.0 Å². The molecule has 0 spiro atoms. The highest BCUT2D eigenvalue weighted by molar-refractivity contribution is 5.94. The number of carbonyl (C=O) groups is 1. The molecule has 0 unspecified atom stereocenters. The highest BCUT2D eigenvalue weighted by Crippen LogP contribution is 2.20. The molecule has 0 aliphatic rings. The van der Waals surface area contributed by atoms with Crippen LogP contribution in [0, 0.1) is 0 Å². The van der Waals surface area contributed by atoms with Gasteiger partial charge < -0.3 is 15.4 Å². The summed E-state index contributed by atoms with van der Waals surface area (Å²) >= 11 is 0. The lowest BCUT2D eigenvalue weighted by molar-refractivity contribution is -0.114. The Balaban J connectivity index is 1.56. The second-order valence-corrected chi connectivity index (χ2v) is 6.12. The van der Waals surface area contributed by atoms with Crippen molar-refractivity contribution < 1.29 is 18.3 Å². The normalized spacial score (nSPS) is 10.5. The summed E-state index contributed by atoms with van der Waals surface area (Å²) in [6, 6.07) is 23.7. The van der Waals surface area contributed by atoms with Crippen molar-refractivity contribution in [3.63, 3.8) is 0 Å². The number of anilines is 2. The molecule has 0 atom stereocenters. The van der Waals surface area contributed by atoms with Crippen LogP contribution in [0.5, 0.6) is 5.75 Å². The molecule has 1 amide bonds. The maximum absolute atomic E-state index is 12.3. The molecular weight excluding hydrogens is 362 g/mol. The maximum Gasteiger partial charge on any atom is 0.387 e. The summed E-state index contributed by atoms with van der Waals surface area (Å²) in [6.07, 6.45) is 0.719. The monoisotopic (exact) mass is 382 g/mol. The van der Waals surface area contributed by atoms with E-state index in [-0.39, 0.29) is 18.2 Å². The molecule has 144 valence electrons. The number of para-hydroxylation sites is 1. The number of carbonyl (C=O) groups excluding carboxylic acids is 1. The number of nitrogens with one attached hydrogen (secondary N) is 2. The zero-order chi connectivity index (χ0) is 19.8. The molecule has 28 heavy (non-hydrogen) atoms. The van der Waals surface area contributed by atoms with Crippen molar-refractivity contribution in [3.8, 4) is 5.75 Å². The smallest absolute Gasteiger partial charge is 0.387 e. The van der Waals surface area contributed by atoms with Crippen molar-refractivity contribution in [1.29, 1.82) is 0 Å². The van der Waals surface area contributed by atoms with Crippen LogP contribution < -0.4 is 15.4 Å². The van der Waals surface area contributed by atoms with E-state index < -0.39 is 6.61 Å². The molecule has 0 bridgehead atoms. The number of benzene rings is 3. The fourth-order valence-electron chi connectivity index (χ4n) is 2.74. The van der Waals surface area contributed by atoms with Crippen molar-refractivity contribution in [1.82, 2.24) is 0 Å².